The van der Waals surface area contributed by atoms with E-state index in [1.807, 2.05) is 0 Å². The molecule has 1 aromatic heterocycles. The van der Waals surface area contributed by atoms with E-state index in [1.54, 1.807) is 36.5 Å². The molecule has 0 fully saturated rings. The number of halogens is 3. The molecule has 0 spiro atoms. The van der Waals surface area contributed by atoms with Gasteiger partial charge in [0.15, 0.2) is 0 Å². The number of rotatable bonds is 1. The lowest BCUT2D eigenvalue weighted by Crippen LogP contribution is -2.06. The number of benzene rings is 2. The number of aromatic nitrogens is 1. The van der Waals surface area contributed by atoms with Crippen molar-refractivity contribution >= 4 is 16.6 Å². The minimum Gasteiger partial charge on any atom is -0.398 e. The van der Waals surface area contributed by atoms with E-state index in [0.717, 1.165) is 6.07 Å². The molecule has 0 aliphatic heterocycles. The highest BCUT2D eigenvalue weighted by Crippen LogP contribution is 2.37. The number of hydrogen-bond acceptors (Lipinski definition) is 2. The average molecular weight is 288 g/mol. The molecule has 2 nitrogen and oxygen atoms in total. The quantitative estimate of drug-likeness (QED) is 0.716. The van der Waals surface area contributed by atoms with Crippen molar-refractivity contribution in [3.8, 4) is 11.1 Å². The molecular formula is C16H11F3N2. The highest BCUT2D eigenvalue weighted by molar-refractivity contribution is 5.93. The van der Waals surface area contributed by atoms with E-state index in [2.05, 4.69) is 4.98 Å². The number of pyridine rings is 1. The Bertz CT molecular complexity index is 810. The lowest BCUT2D eigenvalue weighted by atomic mass is 9.97. The predicted octanol–water partition coefficient (Wildman–Crippen LogP) is 4.50. The van der Waals surface area contributed by atoms with E-state index in [0.29, 0.717) is 22.2 Å². The second-order valence-electron chi connectivity index (χ2n) is 4.68. The van der Waals surface area contributed by atoms with Crippen LogP contribution < -0.4 is 5.73 Å². The molecular weight excluding hydrogens is 277 g/mol. The zero-order chi connectivity index (χ0) is 15.0. The topological polar surface area (TPSA) is 38.9 Å². The van der Waals surface area contributed by atoms with Crippen molar-refractivity contribution in [2.75, 3.05) is 5.73 Å². The number of hydrogen-bond donors (Lipinski definition) is 1. The molecule has 0 atom stereocenters. The van der Waals surface area contributed by atoms with Gasteiger partial charge < -0.3 is 5.73 Å². The number of nitrogen functional groups attached to an aromatic ring is 1. The summed E-state index contributed by atoms with van der Waals surface area (Å²) in [5.74, 6) is 0. The Morgan fingerprint density at radius 2 is 1.71 bits per heavy atom. The van der Waals surface area contributed by atoms with Gasteiger partial charge in [-0.1, -0.05) is 24.3 Å². The van der Waals surface area contributed by atoms with Crippen LogP contribution in [0.4, 0.5) is 18.9 Å². The summed E-state index contributed by atoms with van der Waals surface area (Å²) in [6.45, 7) is 0. The van der Waals surface area contributed by atoms with Crippen LogP contribution in [0.2, 0.25) is 0 Å². The van der Waals surface area contributed by atoms with Gasteiger partial charge >= 0.3 is 6.18 Å². The zero-order valence-electron chi connectivity index (χ0n) is 10.9. The third kappa shape index (κ3) is 2.42. The van der Waals surface area contributed by atoms with Crippen LogP contribution in [0.3, 0.4) is 0 Å². The van der Waals surface area contributed by atoms with Gasteiger partial charge in [-0.3, -0.25) is 4.98 Å². The molecule has 0 unspecified atom stereocenters. The standard InChI is InChI=1S/C16H11F3N2/c17-16(18,19)13-4-2-1-3-11(13)10-5-6-15-12(9-10)14(20)7-8-21-15/h1-9H,(H2,20,21). The molecule has 2 aromatic carbocycles. The monoisotopic (exact) mass is 288 g/mol. The van der Waals surface area contributed by atoms with Gasteiger partial charge in [0.1, 0.15) is 0 Å². The van der Waals surface area contributed by atoms with Crippen LogP contribution in [0.25, 0.3) is 22.0 Å². The highest BCUT2D eigenvalue weighted by Gasteiger charge is 2.33. The van der Waals surface area contributed by atoms with Crippen LogP contribution in [0.1, 0.15) is 5.56 Å². The second-order valence-corrected chi connectivity index (χ2v) is 4.68. The molecule has 0 bridgehead atoms. The van der Waals surface area contributed by atoms with Crippen LogP contribution in [-0.4, -0.2) is 4.98 Å². The number of fused-ring (bicyclic) bond motifs is 1. The second kappa shape index (κ2) is 4.77. The first-order chi connectivity index (χ1) is 9.97. The number of nitrogens with zero attached hydrogens (tertiary/aromatic N) is 1. The van der Waals surface area contributed by atoms with Crippen LogP contribution in [-0.2, 0) is 6.18 Å². The average Bonchev–Trinajstić information content (AvgIpc) is 2.46. The van der Waals surface area contributed by atoms with Gasteiger partial charge in [0.05, 0.1) is 11.1 Å². The minimum atomic E-state index is -4.40. The fourth-order valence-electron chi connectivity index (χ4n) is 2.32. The lowest BCUT2D eigenvalue weighted by molar-refractivity contribution is -0.137. The molecule has 0 amide bonds. The van der Waals surface area contributed by atoms with Crippen molar-refractivity contribution in [2.24, 2.45) is 0 Å². The zero-order valence-corrected chi connectivity index (χ0v) is 10.9. The molecule has 0 saturated carbocycles. The lowest BCUT2D eigenvalue weighted by Gasteiger charge is -2.13. The molecule has 2 N–H and O–H groups in total. The van der Waals surface area contributed by atoms with Gasteiger partial charge in [0, 0.05) is 17.3 Å². The van der Waals surface area contributed by atoms with Crippen molar-refractivity contribution in [1.82, 2.24) is 4.98 Å². The van der Waals surface area contributed by atoms with Crippen molar-refractivity contribution in [3.63, 3.8) is 0 Å². The summed E-state index contributed by atoms with van der Waals surface area (Å²) < 4.78 is 39.3. The van der Waals surface area contributed by atoms with Gasteiger partial charge in [-0.05, 0) is 35.4 Å². The minimum absolute atomic E-state index is 0.134. The first-order valence-corrected chi connectivity index (χ1v) is 6.27. The van der Waals surface area contributed by atoms with Crippen LogP contribution in [0.5, 0.6) is 0 Å². The maximum atomic E-state index is 13.1. The number of anilines is 1. The van der Waals surface area contributed by atoms with Gasteiger partial charge in [0.2, 0.25) is 0 Å². The molecule has 21 heavy (non-hydrogen) atoms. The van der Waals surface area contributed by atoms with Crippen molar-refractivity contribution in [3.05, 3.63) is 60.3 Å². The fraction of sp³-hybridized carbons (Fsp3) is 0.0625. The van der Waals surface area contributed by atoms with Crippen LogP contribution in [0, 0.1) is 0 Å². The van der Waals surface area contributed by atoms with Crippen LogP contribution in [0.15, 0.2) is 54.7 Å². The fourth-order valence-corrected chi connectivity index (χ4v) is 2.32. The van der Waals surface area contributed by atoms with E-state index in [1.165, 1.54) is 12.1 Å². The van der Waals surface area contributed by atoms with Gasteiger partial charge in [0.25, 0.3) is 0 Å². The van der Waals surface area contributed by atoms with E-state index in [9.17, 15) is 13.2 Å². The maximum Gasteiger partial charge on any atom is 0.417 e. The normalized spacial score (nSPS) is 11.8. The molecule has 5 heteroatoms. The van der Waals surface area contributed by atoms with Crippen LogP contribution >= 0.6 is 0 Å². The Kier molecular flexibility index (Phi) is 3.05. The maximum absolute atomic E-state index is 13.1. The molecule has 0 radical (unpaired) electrons. The van der Waals surface area contributed by atoms with Crippen molar-refractivity contribution in [2.45, 2.75) is 6.18 Å². The number of nitrogens with two attached hydrogens (primary N) is 1. The first kappa shape index (κ1) is 13.4. The summed E-state index contributed by atoms with van der Waals surface area (Å²) >= 11 is 0. The number of alkyl halides is 3. The summed E-state index contributed by atoms with van der Waals surface area (Å²) in [5, 5.41) is 0.645. The summed E-state index contributed by atoms with van der Waals surface area (Å²) in [7, 11) is 0. The summed E-state index contributed by atoms with van der Waals surface area (Å²) in [6.07, 6.45) is -2.83. The molecule has 0 saturated heterocycles. The van der Waals surface area contributed by atoms with E-state index >= 15 is 0 Å². The van der Waals surface area contributed by atoms with Gasteiger partial charge in [-0.25, -0.2) is 0 Å². The molecule has 0 aliphatic carbocycles. The summed E-state index contributed by atoms with van der Waals surface area (Å²) in [5.41, 5.74) is 6.95. The third-order valence-corrected chi connectivity index (χ3v) is 3.32. The third-order valence-electron chi connectivity index (χ3n) is 3.32. The van der Waals surface area contributed by atoms with Crippen molar-refractivity contribution < 1.29 is 13.2 Å². The highest BCUT2D eigenvalue weighted by atomic mass is 19.4. The molecule has 3 aromatic rings. The van der Waals surface area contributed by atoms with Gasteiger partial charge in [-0.15, -0.1) is 0 Å². The Balaban J connectivity index is 2.24. The Morgan fingerprint density at radius 3 is 2.48 bits per heavy atom. The summed E-state index contributed by atoms with van der Waals surface area (Å²) in [6, 6.07) is 12.1. The Hall–Kier alpha value is -2.56. The van der Waals surface area contributed by atoms with Gasteiger partial charge in [-0.2, -0.15) is 13.2 Å². The Morgan fingerprint density at radius 1 is 0.952 bits per heavy atom. The van der Waals surface area contributed by atoms with E-state index < -0.39 is 11.7 Å². The smallest absolute Gasteiger partial charge is 0.398 e. The first-order valence-electron chi connectivity index (χ1n) is 6.27. The SMILES string of the molecule is Nc1ccnc2ccc(-c3ccccc3C(F)(F)F)cc12. The molecule has 106 valence electrons. The molecule has 1 heterocycles. The largest absolute Gasteiger partial charge is 0.417 e. The van der Waals surface area contributed by atoms with E-state index in [4.69, 9.17) is 5.73 Å². The molecule has 3 rings (SSSR count). The Labute approximate surface area is 119 Å². The molecule has 0 aliphatic rings. The summed E-state index contributed by atoms with van der Waals surface area (Å²) in [4.78, 5) is 4.15. The van der Waals surface area contributed by atoms with E-state index in [-0.39, 0.29) is 5.56 Å². The van der Waals surface area contributed by atoms with Crippen molar-refractivity contribution in [1.29, 1.82) is 0 Å². The predicted molar refractivity (Wildman–Crippen MR) is 76.6 cm³/mol.